The molecule has 0 atom stereocenters. The molecule has 1 heterocycles. The minimum atomic E-state index is -0.219. The quantitative estimate of drug-likeness (QED) is 0.607. The van der Waals surface area contributed by atoms with Gasteiger partial charge in [0.05, 0.1) is 4.88 Å². The third kappa shape index (κ3) is 4.57. The molecule has 2 rings (SSSR count). The van der Waals surface area contributed by atoms with Crippen LogP contribution >= 0.6 is 11.3 Å². The summed E-state index contributed by atoms with van der Waals surface area (Å²) in [6.45, 7) is 2.24. The van der Waals surface area contributed by atoms with Crippen LogP contribution in [0.3, 0.4) is 0 Å². The van der Waals surface area contributed by atoms with Crippen molar-refractivity contribution in [2.24, 2.45) is 0 Å². The summed E-state index contributed by atoms with van der Waals surface area (Å²) in [5.41, 5.74) is -0.219. The molecule has 2 nitrogen and oxygen atoms in total. The Balaban J connectivity index is 1.84. The number of hydrogen-bond acceptors (Lipinski definition) is 3. The fourth-order valence-electron chi connectivity index (χ4n) is 2.77. The van der Waals surface area contributed by atoms with Gasteiger partial charge in [-0.15, -0.1) is 11.3 Å². The van der Waals surface area contributed by atoms with E-state index >= 15 is 0 Å². The van der Waals surface area contributed by atoms with Crippen LogP contribution in [-0.2, 0) is 6.42 Å². The van der Waals surface area contributed by atoms with Gasteiger partial charge < -0.3 is 5.11 Å². The molecule has 2 aromatic rings. The predicted molar refractivity (Wildman–Crippen MR) is 96.1 cm³/mol. The SMILES string of the molecule is CCCCCCCCCCc1sc2ccccc2c(=O)c1O. The number of rotatable bonds is 9. The summed E-state index contributed by atoms with van der Waals surface area (Å²) >= 11 is 1.55. The molecule has 0 aliphatic rings. The van der Waals surface area contributed by atoms with Crippen molar-refractivity contribution >= 4 is 21.4 Å². The second-order valence-electron chi connectivity index (χ2n) is 5.92. The largest absolute Gasteiger partial charge is 0.503 e. The average molecular weight is 318 g/mol. The van der Waals surface area contributed by atoms with Gasteiger partial charge >= 0.3 is 0 Å². The molecule has 0 radical (unpaired) electrons. The van der Waals surface area contributed by atoms with Crippen molar-refractivity contribution in [1.29, 1.82) is 0 Å². The maximum absolute atomic E-state index is 12.1. The van der Waals surface area contributed by atoms with E-state index in [1.807, 2.05) is 18.2 Å². The van der Waals surface area contributed by atoms with Crippen LogP contribution in [0.25, 0.3) is 10.1 Å². The van der Waals surface area contributed by atoms with E-state index in [2.05, 4.69) is 6.92 Å². The summed E-state index contributed by atoms with van der Waals surface area (Å²) in [5, 5.41) is 10.7. The number of unbranched alkanes of at least 4 members (excludes halogenated alkanes) is 7. The third-order valence-electron chi connectivity index (χ3n) is 4.10. The van der Waals surface area contributed by atoms with Crippen molar-refractivity contribution in [2.75, 3.05) is 0 Å². The van der Waals surface area contributed by atoms with Crippen LogP contribution in [0, 0.1) is 0 Å². The van der Waals surface area contributed by atoms with Gasteiger partial charge in [-0.25, -0.2) is 0 Å². The van der Waals surface area contributed by atoms with E-state index in [1.54, 1.807) is 17.4 Å². The number of hydrogen-bond donors (Lipinski definition) is 1. The zero-order chi connectivity index (χ0) is 15.8. The van der Waals surface area contributed by atoms with E-state index in [9.17, 15) is 9.90 Å². The van der Waals surface area contributed by atoms with Crippen LogP contribution in [0.15, 0.2) is 29.1 Å². The standard InChI is InChI=1S/C19H26O2S/c1-2-3-4-5-6-7-8-9-14-17-19(21)18(20)15-12-10-11-13-16(15)22-17/h10-13,21H,2-9,14H2,1H3. The molecule has 0 saturated carbocycles. The van der Waals surface area contributed by atoms with E-state index in [0.29, 0.717) is 5.39 Å². The smallest absolute Gasteiger partial charge is 0.229 e. The molecule has 1 N–H and O–H groups in total. The first kappa shape index (κ1) is 17.0. The van der Waals surface area contributed by atoms with Gasteiger partial charge in [-0.1, -0.05) is 64.0 Å². The first-order valence-electron chi connectivity index (χ1n) is 8.47. The van der Waals surface area contributed by atoms with Gasteiger partial charge in [0.2, 0.25) is 5.43 Å². The highest BCUT2D eigenvalue weighted by Crippen LogP contribution is 2.27. The highest BCUT2D eigenvalue weighted by molar-refractivity contribution is 7.18. The lowest BCUT2D eigenvalue weighted by molar-refractivity contribution is 0.464. The fourth-order valence-corrected chi connectivity index (χ4v) is 3.89. The summed E-state index contributed by atoms with van der Waals surface area (Å²) < 4.78 is 0.972. The molecule has 0 fully saturated rings. The minimum Gasteiger partial charge on any atom is -0.503 e. The van der Waals surface area contributed by atoms with Gasteiger partial charge in [0.1, 0.15) is 0 Å². The Morgan fingerprint density at radius 1 is 0.955 bits per heavy atom. The lowest BCUT2D eigenvalue weighted by Crippen LogP contribution is -2.02. The molecular formula is C19H26O2S. The monoisotopic (exact) mass is 318 g/mol. The molecule has 1 aromatic heterocycles. The maximum atomic E-state index is 12.1. The Morgan fingerprint density at radius 2 is 1.59 bits per heavy atom. The maximum Gasteiger partial charge on any atom is 0.229 e. The van der Waals surface area contributed by atoms with Gasteiger partial charge in [-0.3, -0.25) is 4.79 Å². The molecule has 3 heteroatoms. The van der Waals surface area contributed by atoms with Crippen LogP contribution in [0.1, 0.15) is 63.2 Å². The zero-order valence-corrected chi connectivity index (χ0v) is 14.3. The van der Waals surface area contributed by atoms with Crippen molar-refractivity contribution < 1.29 is 5.11 Å². The summed E-state index contributed by atoms with van der Waals surface area (Å²) in [6, 6.07) is 7.52. The summed E-state index contributed by atoms with van der Waals surface area (Å²) in [4.78, 5) is 13.0. The molecule has 0 aliphatic heterocycles. The van der Waals surface area contributed by atoms with Gasteiger partial charge in [-0.05, 0) is 25.0 Å². The van der Waals surface area contributed by atoms with Crippen molar-refractivity contribution in [3.63, 3.8) is 0 Å². The molecule has 22 heavy (non-hydrogen) atoms. The summed E-state index contributed by atoms with van der Waals surface area (Å²) in [7, 11) is 0. The first-order valence-corrected chi connectivity index (χ1v) is 9.29. The highest BCUT2D eigenvalue weighted by atomic mass is 32.1. The summed E-state index contributed by atoms with van der Waals surface area (Å²) in [6.07, 6.45) is 10.9. The van der Waals surface area contributed by atoms with Gasteiger partial charge in [0.25, 0.3) is 0 Å². The number of fused-ring (bicyclic) bond motifs is 1. The Bertz CT molecular complexity index is 645. The molecule has 120 valence electrons. The van der Waals surface area contributed by atoms with Crippen LogP contribution in [0.4, 0.5) is 0 Å². The van der Waals surface area contributed by atoms with Crippen LogP contribution < -0.4 is 5.43 Å². The molecule has 0 aliphatic carbocycles. The molecule has 0 saturated heterocycles. The molecule has 0 spiro atoms. The zero-order valence-electron chi connectivity index (χ0n) is 13.4. The van der Waals surface area contributed by atoms with E-state index < -0.39 is 0 Å². The van der Waals surface area contributed by atoms with Crippen LogP contribution in [-0.4, -0.2) is 5.11 Å². The first-order chi connectivity index (χ1) is 10.7. The minimum absolute atomic E-state index is 0.0355. The molecular weight excluding hydrogens is 292 g/mol. The number of aryl methyl sites for hydroxylation is 1. The Hall–Kier alpha value is -1.35. The van der Waals surface area contributed by atoms with Crippen molar-refractivity contribution in [3.8, 4) is 5.75 Å². The lowest BCUT2D eigenvalue weighted by Gasteiger charge is -2.06. The Labute approximate surface area is 136 Å². The number of aromatic hydroxyl groups is 1. The molecule has 1 aromatic carbocycles. The van der Waals surface area contributed by atoms with E-state index in [-0.39, 0.29) is 11.2 Å². The molecule has 0 amide bonds. The highest BCUT2D eigenvalue weighted by Gasteiger charge is 2.10. The topological polar surface area (TPSA) is 37.3 Å². The van der Waals surface area contributed by atoms with Crippen molar-refractivity contribution in [2.45, 2.75) is 64.7 Å². The van der Waals surface area contributed by atoms with E-state index in [0.717, 1.165) is 22.4 Å². The lowest BCUT2D eigenvalue weighted by atomic mass is 10.1. The second-order valence-corrected chi connectivity index (χ2v) is 7.06. The third-order valence-corrected chi connectivity index (χ3v) is 5.32. The van der Waals surface area contributed by atoms with E-state index in [4.69, 9.17) is 0 Å². The van der Waals surface area contributed by atoms with Gasteiger partial charge in [0, 0.05) is 10.1 Å². The van der Waals surface area contributed by atoms with E-state index in [1.165, 1.54) is 44.9 Å². The normalized spacial score (nSPS) is 11.1. The van der Waals surface area contributed by atoms with Crippen LogP contribution in [0.5, 0.6) is 5.75 Å². The van der Waals surface area contributed by atoms with Crippen molar-refractivity contribution in [1.82, 2.24) is 0 Å². The fraction of sp³-hybridized carbons (Fsp3) is 0.526. The molecule has 0 unspecified atom stereocenters. The van der Waals surface area contributed by atoms with Crippen molar-refractivity contribution in [3.05, 3.63) is 39.4 Å². The number of benzene rings is 1. The summed E-state index contributed by atoms with van der Waals surface area (Å²) in [5.74, 6) is -0.0355. The average Bonchev–Trinajstić information content (AvgIpc) is 2.54. The predicted octanol–water partition coefficient (Wildman–Crippen LogP) is 5.65. The van der Waals surface area contributed by atoms with Gasteiger partial charge in [0.15, 0.2) is 5.75 Å². The van der Waals surface area contributed by atoms with Crippen LogP contribution in [0.2, 0.25) is 0 Å². The Kier molecular flexibility index (Phi) is 6.91. The Morgan fingerprint density at radius 3 is 2.32 bits per heavy atom. The molecule has 0 bridgehead atoms. The van der Waals surface area contributed by atoms with Gasteiger partial charge in [-0.2, -0.15) is 0 Å². The second kappa shape index (κ2) is 8.94.